The highest BCUT2D eigenvalue weighted by Gasteiger charge is 2.49. The fourth-order valence-electron chi connectivity index (χ4n) is 2.95. The first-order valence-corrected chi connectivity index (χ1v) is 8.17. The molecule has 0 unspecified atom stereocenters. The Morgan fingerprint density at radius 3 is 2.82 bits per heavy atom. The highest BCUT2D eigenvalue weighted by Crippen LogP contribution is 2.53. The maximum absolute atomic E-state index is 12.3. The summed E-state index contributed by atoms with van der Waals surface area (Å²) in [5.74, 6) is -2.93. The van der Waals surface area contributed by atoms with Crippen molar-refractivity contribution in [3.63, 3.8) is 0 Å². The Bertz CT molecular complexity index is 855. The van der Waals surface area contributed by atoms with Gasteiger partial charge < -0.3 is 19.6 Å². The predicted octanol–water partition coefficient (Wildman–Crippen LogP) is 0.328. The third kappa shape index (κ3) is 1.84. The first kappa shape index (κ1) is 13.6. The summed E-state index contributed by atoms with van der Waals surface area (Å²) in [7, 11) is 0. The van der Waals surface area contributed by atoms with Gasteiger partial charge in [-0.05, 0) is 6.07 Å². The molecular weight excluding hydrogens is 326 g/mol. The number of fused-ring (bicyclic) bond motifs is 5. The second-order valence-electron chi connectivity index (χ2n) is 5.03. The Labute approximate surface area is 132 Å². The van der Waals surface area contributed by atoms with Gasteiger partial charge in [-0.15, -0.1) is 0 Å². The van der Waals surface area contributed by atoms with Crippen molar-refractivity contribution < 1.29 is 19.4 Å². The number of para-hydroxylation sites is 1. The zero-order valence-corrected chi connectivity index (χ0v) is 12.5. The molecule has 22 heavy (non-hydrogen) atoms. The number of H-pyrrole nitrogens is 1. The van der Waals surface area contributed by atoms with Crippen molar-refractivity contribution in [2.75, 3.05) is 0 Å². The third-order valence-corrected chi connectivity index (χ3v) is 6.22. The minimum atomic E-state index is -1.34. The topological polar surface area (TPSA) is 99.3 Å². The summed E-state index contributed by atoms with van der Waals surface area (Å²) in [6.45, 7) is 0. The van der Waals surface area contributed by atoms with Gasteiger partial charge in [0, 0.05) is 16.4 Å². The number of carboxylic acids is 1. The largest absolute Gasteiger partial charge is 0.549 e. The molecule has 4 rings (SSSR count). The van der Waals surface area contributed by atoms with E-state index in [-0.39, 0.29) is 4.87 Å². The number of thioether (sulfide) groups is 1. The minimum absolute atomic E-state index is 0.272. The molecular formula is C14H8NO5S2-. The number of aliphatic carboxylic acids is 1. The molecule has 8 heteroatoms. The van der Waals surface area contributed by atoms with Gasteiger partial charge in [-0.25, -0.2) is 0 Å². The summed E-state index contributed by atoms with van der Waals surface area (Å²) in [5.41, 5.74) is 0.718. The van der Waals surface area contributed by atoms with E-state index in [1.807, 2.05) is 0 Å². The lowest BCUT2D eigenvalue weighted by Crippen LogP contribution is -2.48. The van der Waals surface area contributed by atoms with Gasteiger partial charge in [0.05, 0.1) is 22.2 Å². The van der Waals surface area contributed by atoms with Gasteiger partial charge in [0.15, 0.2) is 0 Å². The predicted molar refractivity (Wildman–Crippen MR) is 77.0 cm³/mol. The van der Waals surface area contributed by atoms with Crippen LogP contribution in [0.4, 0.5) is 0 Å². The average molecular weight is 334 g/mol. The molecule has 3 atom stereocenters. The Morgan fingerprint density at radius 2 is 2.05 bits per heavy atom. The van der Waals surface area contributed by atoms with Crippen molar-refractivity contribution in [3.05, 3.63) is 44.4 Å². The average Bonchev–Trinajstić information content (AvgIpc) is 2.86. The summed E-state index contributed by atoms with van der Waals surface area (Å²) >= 11 is 1.94. The van der Waals surface area contributed by atoms with E-state index < -0.39 is 29.0 Å². The van der Waals surface area contributed by atoms with Crippen LogP contribution in [0.2, 0.25) is 0 Å². The summed E-state index contributed by atoms with van der Waals surface area (Å²) in [6, 6.07) is 6.98. The highest BCUT2D eigenvalue weighted by atomic mass is 32.2. The van der Waals surface area contributed by atoms with Crippen LogP contribution in [0.5, 0.6) is 5.75 Å². The molecule has 0 amide bonds. The number of aromatic amines is 1. The second-order valence-corrected chi connectivity index (χ2v) is 7.19. The number of ether oxygens (including phenoxy) is 1. The quantitative estimate of drug-likeness (QED) is 0.596. The van der Waals surface area contributed by atoms with Crippen LogP contribution in [-0.2, 0) is 9.59 Å². The Hall–Kier alpha value is -2.06. The van der Waals surface area contributed by atoms with Gasteiger partial charge in [0.25, 0.3) is 0 Å². The normalized spacial score (nSPS) is 25.6. The molecule has 1 aromatic heterocycles. The van der Waals surface area contributed by atoms with Crippen LogP contribution in [-0.4, -0.2) is 22.2 Å². The number of hydrogen-bond donors (Lipinski definition) is 1. The number of rotatable bonds is 1. The van der Waals surface area contributed by atoms with Crippen molar-refractivity contribution in [1.29, 1.82) is 0 Å². The van der Waals surface area contributed by atoms with Gasteiger partial charge in [-0.1, -0.05) is 41.3 Å². The van der Waals surface area contributed by atoms with Gasteiger partial charge in [0.2, 0.25) is 0 Å². The lowest BCUT2D eigenvalue weighted by Gasteiger charge is -2.39. The van der Waals surface area contributed by atoms with Gasteiger partial charge in [-0.2, -0.15) is 0 Å². The minimum Gasteiger partial charge on any atom is -0.549 e. The van der Waals surface area contributed by atoms with Gasteiger partial charge >= 0.3 is 10.8 Å². The Balaban J connectivity index is 1.99. The monoisotopic (exact) mass is 334 g/mol. The first-order valence-electron chi connectivity index (χ1n) is 6.47. The number of carbonyl (C=O) groups excluding carboxylic acids is 2. The summed E-state index contributed by atoms with van der Waals surface area (Å²) < 4.78 is 5.28. The number of carboxylic acid groups (broad SMARTS) is 1. The maximum atomic E-state index is 12.3. The number of benzene rings is 1. The van der Waals surface area contributed by atoms with Crippen molar-refractivity contribution in [2.45, 2.75) is 16.2 Å². The van der Waals surface area contributed by atoms with Crippen LogP contribution in [0.3, 0.4) is 0 Å². The number of carbonyl (C=O) groups is 2. The van der Waals surface area contributed by atoms with E-state index in [2.05, 4.69) is 4.98 Å². The smallest absolute Gasteiger partial charge is 0.316 e. The summed E-state index contributed by atoms with van der Waals surface area (Å²) in [5, 5.41) is 10.9. The number of nitrogens with one attached hydrogen (secondary N) is 1. The van der Waals surface area contributed by atoms with E-state index >= 15 is 0 Å². The molecule has 0 saturated heterocycles. The van der Waals surface area contributed by atoms with Crippen LogP contribution in [0, 0.1) is 5.92 Å². The molecule has 2 aliphatic rings. The fraction of sp³-hybridized carbons (Fsp3) is 0.214. The van der Waals surface area contributed by atoms with Crippen molar-refractivity contribution >= 4 is 35.0 Å². The molecule has 0 radical (unpaired) electrons. The lowest BCUT2D eigenvalue weighted by atomic mass is 9.80. The maximum Gasteiger partial charge on any atom is 0.316 e. The molecule has 2 aliphatic heterocycles. The third-order valence-electron chi connectivity index (χ3n) is 3.82. The van der Waals surface area contributed by atoms with Crippen molar-refractivity contribution in [3.8, 4) is 5.75 Å². The Morgan fingerprint density at radius 1 is 1.27 bits per heavy atom. The van der Waals surface area contributed by atoms with E-state index in [1.54, 1.807) is 24.3 Å². The van der Waals surface area contributed by atoms with Gasteiger partial charge in [-0.3, -0.25) is 9.59 Å². The van der Waals surface area contributed by atoms with Crippen LogP contribution >= 0.6 is 23.1 Å². The van der Waals surface area contributed by atoms with E-state index in [1.165, 1.54) is 0 Å². The number of hydrogen-bond acceptors (Lipinski definition) is 7. The fourth-order valence-corrected chi connectivity index (χ4v) is 5.34. The molecule has 0 aliphatic carbocycles. The molecule has 2 aromatic rings. The molecule has 112 valence electrons. The van der Waals surface area contributed by atoms with Crippen molar-refractivity contribution in [2.24, 2.45) is 5.92 Å². The van der Waals surface area contributed by atoms with E-state index in [9.17, 15) is 19.5 Å². The number of esters is 1. The number of aromatic nitrogens is 1. The van der Waals surface area contributed by atoms with Crippen molar-refractivity contribution in [1.82, 2.24) is 4.98 Å². The standard InChI is InChI=1S/C14H9NO5S2/c16-12(17)10-8-7(9-11(21-10)15-14(19)22-9)5-3-1-2-4-6(5)20-13(8)18/h1-4,7-8,10H,(H,15,19)(H,16,17)/p-1/t7-,8-,10+/m1/s1. The van der Waals surface area contributed by atoms with Gasteiger partial charge in [0.1, 0.15) is 5.75 Å². The molecule has 3 heterocycles. The van der Waals surface area contributed by atoms with Crippen LogP contribution in [0.15, 0.2) is 34.1 Å². The first-order chi connectivity index (χ1) is 10.6. The molecule has 6 nitrogen and oxygen atoms in total. The summed E-state index contributed by atoms with van der Waals surface area (Å²) in [6.07, 6.45) is 0. The second kappa shape index (κ2) is 4.72. The zero-order chi connectivity index (χ0) is 15.4. The highest BCUT2D eigenvalue weighted by molar-refractivity contribution is 8.00. The SMILES string of the molecule is O=C1Oc2ccccc2[C@H]2c3sc(=O)[nH]c3S[C@H](C(=O)[O-])[C@H]12. The van der Waals surface area contributed by atoms with Crippen LogP contribution in [0.25, 0.3) is 0 Å². The Kier molecular flexibility index (Phi) is 2.92. The van der Waals surface area contributed by atoms with E-state index in [4.69, 9.17) is 4.74 Å². The molecule has 0 bridgehead atoms. The van der Waals surface area contributed by atoms with E-state index in [0.29, 0.717) is 15.7 Å². The summed E-state index contributed by atoms with van der Waals surface area (Å²) in [4.78, 5) is 38.5. The molecule has 1 N–H and O–H groups in total. The molecule has 0 spiro atoms. The lowest BCUT2D eigenvalue weighted by molar-refractivity contribution is -0.306. The zero-order valence-electron chi connectivity index (χ0n) is 10.9. The van der Waals surface area contributed by atoms with E-state index in [0.717, 1.165) is 28.7 Å². The van der Waals surface area contributed by atoms with Crippen LogP contribution < -0.4 is 14.7 Å². The molecule has 0 fully saturated rings. The number of thiazole rings is 1. The molecule has 0 saturated carbocycles. The van der Waals surface area contributed by atoms with Crippen LogP contribution in [0.1, 0.15) is 16.4 Å². The molecule has 1 aromatic carbocycles.